The van der Waals surface area contributed by atoms with Crippen LogP contribution in [0.25, 0.3) is 22.6 Å². The standard InChI is InChI=1S/C29H23N3O3S/c1-34-23-16-17-25-24(18-23)31-28(35-25)21-12-14-22(15-13-21)30-29(36)32-27(33)26(19-8-4-2-5-9-19)20-10-6-3-7-11-20/h2-18,26H,1H3,(H2,30,32,33,36). The molecule has 2 N–H and O–H groups in total. The van der Waals surface area contributed by atoms with Crippen LogP contribution in [0, 0.1) is 0 Å². The highest BCUT2D eigenvalue weighted by molar-refractivity contribution is 7.80. The summed E-state index contributed by atoms with van der Waals surface area (Å²) in [4.78, 5) is 17.8. The molecule has 0 aliphatic carbocycles. The minimum atomic E-state index is -0.479. The zero-order valence-electron chi connectivity index (χ0n) is 19.5. The average molecular weight is 494 g/mol. The molecule has 1 aromatic heterocycles. The topological polar surface area (TPSA) is 76.4 Å². The molecule has 4 aromatic carbocycles. The highest BCUT2D eigenvalue weighted by Gasteiger charge is 2.23. The van der Waals surface area contributed by atoms with E-state index in [9.17, 15) is 4.79 Å². The summed E-state index contributed by atoms with van der Waals surface area (Å²) in [5.74, 6) is 0.546. The lowest BCUT2D eigenvalue weighted by Gasteiger charge is -2.18. The van der Waals surface area contributed by atoms with Crippen LogP contribution in [-0.2, 0) is 4.79 Å². The van der Waals surface area contributed by atoms with E-state index < -0.39 is 5.92 Å². The Morgan fingerprint density at radius 2 is 1.53 bits per heavy atom. The van der Waals surface area contributed by atoms with Crippen molar-refractivity contribution in [3.63, 3.8) is 0 Å². The van der Waals surface area contributed by atoms with Crippen LogP contribution in [0.5, 0.6) is 5.75 Å². The smallest absolute Gasteiger partial charge is 0.238 e. The maximum Gasteiger partial charge on any atom is 0.238 e. The molecule has 7 heteroatoms. The normalized spacial score (nSPS) is 10.8. The van der Waals surface area contributed by atoms with Crippen LogP contribution in [0.2, 0.25) is 0 Å². The van der Waals surface area contributed by atoms with Crippen LogP contribution in [0.4, 0.5) is 5.69 Å². The fourth-order valence-electron chi connectivity index (χ4n) is 3.99. The Balaban J connectivity index is 1.28. The van der Waals surface area contributed by atoms with Crippen molar-refractivity contribution in [2.45, 2.75) is 5.92 Å². The summed E-state index contributed by atoms with van der Waals surface area (Å²) in [6.07, 6.45) is 0. The van der Waals surface area contributed by atoms with Crippen LogP contribution in [0.3, 0.4) is 0 Å². The third-order valence-corrected chi connectivity index (χ3v) is 5.95. The van der Waals surface area contributed by atoms with Crippen LogP contribution in [0.1, 0.15) is 17.0 Å². The molecular formula is C29H23N3O3S. The summed E-state index contributed by atoms with van der Waals surface area (Å²) < 4.78 is 11.1. The number of nitrogens with one attached hydrogen (secondary N) is 2. The van der Waals surface area contributed by atoms with Crippen molar-refractivity contribution < 1.29 is 13.9 Å². The van der Waals surface area contributed by atoms with Gasteiger partial charge in [-0.25, -0.2) is 4.98 Å². The highest BCUT2D eigenvalue weighted by atomic mass is 32.1. The minimum absolute atomic E-state index is 0.205. The number of aromatic nitrogens is 1. The fourth-order valence-corrected chi connectivity index (χ4v) is 4.20. The number of hydrogen-bond donors (Lipinski definition) is 2. The molecule has 0 saturated heterocycles. The molecule has 6 nitrogen and oxygen atoms in total. The first-order chi connectivity index (χ1) is 17.6. The number of carbonyl (C=O) groups is 1. The lowest BCUT2D eigenvalue weighted by Crippen LogP contribution is -2.37. The number of hydrogen-bond acceptors (Lipinski definition) is 5. The molecule has 36 heavy (non-hydrogen) atoms. The summed E-state index contributed by atoms with van der Waals surface area (Å²) in [5.41, 5.74) is 4.75. The molecule has 0 bridgehead atoms. The highest BCUT2D eigenvalue weighted by Crippen LogP contribution is 2.28. The van der Waals surface area contributed by atoms with Gasteiger partial charge in [-0.3, -0.25) is 4.79 Å². The van der Waals surface area contributed by atoms with Gasteiger partial charge < -0.3 is 19.8 Å². The third-order valence-electron chi connectivity index (χ3n) is 5.75. The van der Waals surface area contributed by atoms with E-state index in [2.05, 4.69) is 15.6 Å². The minimum Gasteiger partial charge on any atom is -0.497 e. The Kier molecular flexibility index (Phi) is 6.73. The summed E-state index contributed by atoms with van der Waals surface area (Å²) in [5, 5.41) is 6.14. The van der Waals surface area contributed by atoms with Crippen LogP contribution >= 0.6 is 12.2 Å². The molecule has 0 aliphatic rings. The molecular weight excluding hydrogens is 470 g/mol. The second-order valence-corrected chi connectivity index (χ2v) is 8.54. The third kappa shape index (κ3) is 5.11. The number of benzene rings is 4. The molecule has 0 fully saturated rings. The molecule has 1 heterocycles. The summed E-state index contributed by atoms with van der Waals surface area (Å²) >= 11 is 5.44. The summed E-state index contributed by atoms with van der Waals surface area (Å²) in [7, 11) is 1.62. The molecule has 0 unspecified atom stereocenters. The number of anilines is 1. The second-order valence-electron chi connectivity index (χ2n) is 8.13. The predicted octanol–water partition coefficient (Wildman–Crippen LogP) is 6.15. The van der Waals surface area contributed by atoms with E-state index in [1.807, 2.05) is 103 Å². The number of ether oxygens (including phenoxy) is 1. The number of rotatable bonds is 6. The van der Waals surface area contributed by atoms with E-state index in [0.717, 1.165) is 33.6 Å². The number of nitrogens with zero attached hydrogens (tertiary/aromatic N) is 1. The van der Waals surface area contributed by atoms with E-state index in [4.69, 9.17) is 21.4 Å². The number of methoxy groups -OCH3 is 1. The molecule has 0 saturated carbocycles. The quantitative estimate of drug-likeness (QED) is 0.276. The second kappa shape index (κ2) is 10.4. The van der Waals surface area contributed by atoms with Crippen molar-refractivity contribution >= 4 is 40.0 Å². The van der Waals surface area contributed by atoms with Gasteiger partial charge in [0.1, 0.15) is 11.3 Å². The monoisotopic (exact) mass is 493 g/mol. The number of fused-ring (bicyclic) bond motifs is 1. The Morgan fingerprint density at radius 1 is 0.889 bits per heavy atom. The maximum atomic E-state index is 13.2. The zero-order chi connectivity index (χ0) is 24.9. The van der Waals surface area contributed by atoms with Gasteiger partial charge in [-0.1, -0.05) is 60.7 Å². The largest absolute Gasteiger partial charge is 0.497 e. The summed E-state index contributed by atoms with van der Waals surface area (Å²) in [6.45, 7) is 0. The Hall–Kier alpha value is -4.49. The van der Waals surface area contributed by atoms with E-state index in [0.29, 0.717) is 11.5 Å². The van der Waals surface area contributed by atoms with E-state index in [1.165, 1.54) is 0 Å². The molecule has 178 valence electrons. The first-order valence-corrected chi connectivity index (χ1v) is 11.8. The van der Waals surface area contributed by atoms with E-state index >= 15 is 0 Å². The van der Waals surface area contributed by atoms with Crippen LogP contribution < -0.4 is 15.4 Å². The molecule has 5 aromatic rings. The van der Waals surface area contributed by atoms with Crippen LogP contribution in [-0.4, -0.2) is 23.1 Å². The Morgan fingerprint density at radius 3 is 2.14 bits per heavy atom. The van der Waals surface area contributed by atoms with Gasteiger partial charge in [0.2, 0.25) is 11.8 Å². The first-order valence-electron chi connectivity index (χ1n) is 11.4. The molecule has 0 atom stereocenters. The van der Waals surface area contributed by atoms with E-state index in [-0.39, 0.29) is 11.0 Å². The van der Waals surface area contributed by atoms with Gasteiger partial charge in [0.25, 0.3) is 0 Å². The molecule has 0 radical (unpaired) electrons. The van der Waals surface area contributed by atoms with Crippen molar-refractivity contribution in [1.29, 1.82) is 0 Å². The van der Waals surface area contributed by atoms with Gasteiger partial charge in [0.05, 0.1) is 13.0 Å². The lowest BCUT2D eigenvalue weighted by molar-refractivity contribution is -0.120. The maximum absolute atomic E-state index is 13.2. The average Bonchev–Trinajstić information content (AvgIpc) is 3.34. The van der Waals surface area contributed by atoms with Crippen molar-refractivity contribution in [3.8, 4) is 17.2 Å². The van der Waals surface area contributed by atoms with Gasteiger partial charge in [-0.15, -0.1) is 0 Å². The summed E-state index contributed by atoms with van der Waals surface area (Å²) in [6, 6.07) is 32.3. The van der Waals surface area contributed by atoms with Crippen molar-refractivity contribution in [3.05, 3.63) is 114 Å². The van der Waals surface area contributed by atoms with Gasteiger partial charge in [-0.05, 0) is 59.7 Å². The molecule has 5 rings (SSSR count). The van der Waals surface area contributed by atoms with Crippen molar-refractivity contribution in [2.24, 2.45) is 0 Å². The first kappa shape index (κ1) is 23.3. The number of carbonyl (C=O) groups excluding carboxylic acids is 1. The SMILES string of the molecule is COc1ccc2oc(-c3ccc(NC(=S)NC(=O)C(c4ccccc4)c4ccccc4)cc3)nc2c1. The van der Waals surface area contributed by atoms with Crippen molar-refractivity contribution in [2.75, 3.05) is 12.4 Å². The molecule has 0 aliphatic heterocycles. The fraction of sp³-hybridized carbons (Fsp3) is 0.0690. The number of thiocarbonyl (C=S) groups is 1. The zero-order valence-corrected chi connectivity index (χ0v) is 20.3. The van der Waals surface area contributed by atoms with Gasteiger partial charge in [0.15, 0.2) is 10.7 Å². The number of amides is 1. The molecule has 0 spiro atoms. The Labute approximate surface area is 213 Å². The van der Waals surface area contributed by atoms with Crippen molar-refractivity contribution in [1.82, 2.24) is 10.3 Å². The molecule has 1 amide bonds. The lowest BCUT2D eigenvalue weighted by atomic mass is 9.90. The van der Waals surface area contributed by atoms with Gasteiger partial charge in [0, 0.05) is 17.3 Å². The Bertz CT molecular complexity index is 1460. The number of oxazole rings is 1. The van der Waals surface area contributed by atoms with Crippen LogP contribution in [0.15, 0.2) is 108 Å². The van der Waals surface area contributed by atoms with Gasteiger partial charge in [-0.2, -0.15) is 0 Å². The van der Waals surface area contributed by atoms with E-state index in [1.54, 1.807) is 7.11 Å². The van der Waals surface area contributed by atoms with Gasteiger partial charge >= 0.3 is 0 Å². The predicted molar refractivity (Wildman–Crippen MR) is 145 cm³/mol.